The van der Waals surface area contributed by atoms with Gasteiger partial charge in [0, 0.05) is 48.4 Å². The molecule has 3 aromatic rings. The second-order valence-corrected chi connectivity index (χ2v) is 10.7. The fourth-order valence-electron chi connectivity index (χ4n) is 4.45. The number of carbonyl (C=O) groups excluding carboxylic acids is 1. The number of anilines is 1. The standard InChI is InChI=1S/C30H34N2O7S/c33-19-21-12-14-22(15-13-21)26-18-25(20-40-28-10-4-5-16-32(28)37)38-30(39-26)23-7-6-8-24(17-23)31-27(34)9-2-1-3-11-29(35)36/h4-8,10,12-17,25-26,30,33H,1-3,9,11,18-20H2,(H,31,34)(H,35,36)/t25-,26+,30+/m1/s1. The van der Waals surface area contributed by atoms with E-state index in [0.717, 1.165) is 21.4 Å². The van der Waals surface area contributed by atoms with Gasteiger partial charge in [-0.25, -0.2) is 0 Å². The number of rotatable bonds is 13. The minimum absolute atomic E-state index is 0.0378. The normalized spacial score (nSPS) is 18.8. The minimum atomic E-state index is -0.826. The molecule has 0 aliphatic carbocycles. The van der Waals surface area contributed by atoms with Crippen LogP contribution in [0.1, 0.15) is 67.6 Å². The van der Waals surface area contributed by atoms with Crippen molar-refractivity contribution >= 4 is 29.3 Å². The number of thioether (sulfide) groups is 1. The Balaban J connectivity index is 1.44. The van der Waals surface area contributed by atoms with E-state index in [1.54, 1.807) is 18.2 Å². The molecular formula is C30H34N2O7S. The number of nitrogens with one attached hydrogen (secondary N) is 1. The number of aliphatic hydroxyl groups is 1. The van der Waals surface area contributed by atoms with E-state index in [2.05, 4.69) is 5.32 Å². The van der Waals surface area contributed by atoms with E-state index in [0.29, 0.717) is 48.6 Å². The number of unbranched alkanes of at least 4 members (excludes halogenated alkanes) is 2. The number of carboxylic acid groups (broad SMARTS) is 1. The molecule has 1 fully saturated rings. The number of aliphatic hydroxyl groups excluding tert-OH is 1. The summed E-state index contributed by atoms with van der Waals surface area (Å²) in [5.74, 6) is -0.411. The number of hydrogen-bond acceptors (Lipinski definition) is 7. The van der Waals surface area contributed by atoms with Gasteiger partial charge in [0.1, 0.15) is 0 Å². The Kier molecular flexibility index (Phi) is 10.9. The molecular weight excluding hydrogens is 532 g/mol. The van der Waals surface area contributed by atoms with Crippen molar-refractivity contribution in [1.29, 1.82) is 0 Å². The number of hydrogen-bond donors (Lipinski definition) is 3. The van der Waals surface area contributed by atoms with Gasteiger partial charge in [-0.1, -0.05) is 54.6 Å². The first-order chi connectivity index (χ1) is 19.4. The van der Waals surface area contributed by atoms with E-state index in [-0.39, 0.29) is 31.1 Å². The lowest BCUT2D eigenvalue weighted by Crippen LogP contribution is -2.32. The number of carbonyl (C=O) groups is 2. The number of benzene rings is 2. The molecule has 0 spiro atoms. The molecule has 1 amide bonds. The molecule has 4 rings (SSSR count). The Labute approximate surface area is 237 Å². The monoisotopic (exact) mass is 566 g/mol. The third-order valence-electron chi connectivity index (χ3n) is 6.56. The van der Waals surface area contributed by atoms with Gasteiger partial charge in [0.05, 0.1) is 18.8 Å². The summed E-state index contributed by atoms with van der Waals surface area (Å²) in [6.07, 6.45) is 3.16. The smallest absolute Gasteiger partial charge is 0.303 e. The zero-order valence-electron chi connectivity index (χ0n) is 22.1. The molecule has 212 valence electrons. The summed E-state index contributed by atoms with van der Waals surface area (Å²) >= 11 is 1.43. The number of amides is 1. The molecule has 2 heterocycles. The number of nitrogens with zero attached hydrogens (tertiary/aromatic N) is 1. The first-order valence-electron chi connectivity index (χ1n) is 13.3. The van der Waals surface area contributed by atoms with Gasteiger partial charge >= 0.3 is 5.97 Å². The van der Waals surface area contributed by atoms with Crippen molar-refractivity contribution in [3.05, 3.63) is 94.8 Å². The Morgan fingerprint density at radius 3 is 2.52 bits per heavy atom. The van der Waals surface area contributed by atoms with Crippen LogP contribution in [0.25, 0.3) is 0 Å². The number of pyridine rings is 1. The molecule has 0 radical (unpaired) electrons. The summed E-state index contributed by atoms with van der Waals surface area (Å²) in [7, 11) is 0. The Hall–Kier alpha value is -3.44. The molecule has 0 bridgehead atoms. The van der Waals surface area contributed by atoms with Gasteiger partial charge in [0.2, 0.25) is 5.91 Å². The fourth-order valence-corrected chi connectivity index (χ4v) is 5.38. The van der Waals surface area contributed by atoms with Gasteiger partial charge in [-0.15, -0.1) is 0 Å². The predicted molar refractivity (Wildman–Crippen MR) is 150 cm³/mol. The Bertz CT molecular complexity index is 1270. The maximum absolute atomic E-state index is 12.4. The molecule has 1 aliphatic rings. The lowest BCUT2D eigenvalue weighted by molar-refractivity contribution is -0.645. The van der Waals surface area contributed by atoms with Crippen LogP contribution in [0.5, 0.6) is 0 Å². The lowest BCUT2D eigenvalue weighted by atomic mass is 10.0. The topological polar surface area (TPSA) is 132 Å². The molecule has 40 heavy (non-hydrogen) atoms. The first kappa shape index (κ1) is 29.5. The van der Waals surface area contributed by atoms with Crippen LogP contribution in [0.15, 0.2) is 78.0 Å². The van der Waals surface area contributed by atoms with Crippen LogP contribution in [0.2, 0.25) is 0 Å². The van der Waals surface area contributed by atoms with Crippen LogP contribution in [0, 0.1) is 5.21 Å². The van der Waals surface area contributed by atoms with Gasteiger partial charge in [-0.05, 0) is 42.2 Å². The van der Waals surface area contributed by atoms with Crippen LogP contribution >= 0.6 is 11.8 Å². The van der Waals surface area contributed by atoms with Crippen molar-refractivity contribution in [2.45, 2.75) is 68.7 Å². The summed E-state index contributed by atoms with van der Waals surface area (Å²) in [6.45, 7) is -0.0378. The fraction of sp³-hybridized carbons (Fsp3) is 0.367. The lowest BCUT2D eigenvalue weighted by Gasteiger charge is -2.36. The third-order valence-corrected chi connectivity index (χ3v) is 7.71. The quantitative estimate of drug-likeness (QED) is 0.112. The average Bonchev–Trinajstić information content (AvgIpc) is 2.96. The molecule has 1 aliphatic heterocycles. The molecule has 0 saturated carbocycles. The predicted octanol–water partition coefficient (Wildman–Crippen LogP) is 5.12. The SMILES string of the molecule is O=C(O)CCCCCC(=O)Nc1cccc([C@H]2O[C@@H](CSc3cccc[n+]3[O-])C[C@@H](c3ccc(CO)cc3)O2)c1. The third kappa shape index (κ3) is 8.79. The first-order valence-corrected chi connectivity index (χ1v) is 14.3. The zero-order valence-corrected chi connectivity index (χ0v) is 22.9. The molecule has 3 atom stereocenters. The second kappa shape index (κ2) is 14.8. The summed E-state index contributed by atoms with van der Waals surface area (Å²) < 4.78 is 13.6. The van der Waals surface area contributed by atoms with Crippen molar-refractivity contribution < 1.29 is 34.0 Å². The van der Waals surface area contributed by atoms with Gasteiger partial charge in [-0.3, -0.25) is 9.59 Å². The van der Waals surface area contributed by atoms with Gasteiger partial charge < -0.3 is 30.2 Å². The average molecular weight is 567 g/mol. The van der Waals surface area contributed by atoms with Crippen LogP contribution in [-0.2, 0) is 25.7 Å². The Morgan fingerprint density at radius 1 is 0.975 bits per heavy atom. The second-order valence-electron chi connectivity index (χ2n) is 9.65. The van der Waals surface area contributed by atoms with E-state index < -0.39 is 12.3 Å². The summed E-state index contributed by atoms with van der Waals surface area (Å²) in [5.41, 5.74) is 3.15. The molecule has 2 aromatic carbocycles. The van der Waals surface area contributed by atoms with Crippen molar-refractivity contribution in [3.63, 3.8) is 0 Å². The highest BCUT2D eigenvalue weighted by Gasteiger charge is 2.33. The molecule has 0 unspecified atom stereocenters. The van der Waals surface area contributed by atoms with Crippen LogP contribution < -0.4 is 10.0 Å². The van der Waals surface area contributed by atoms with E-state index in [4.69, 9.17) is 14.6 Å². The number of carboxylic acids is 1. The number of ether oxygens (including phenoxy) is 2. The largest absolute Gasteiger partial charge is 0.618 e. The summed E-state index contributed by atoms with van der Waals surface area (Å²) in [4.78, 5) is 23.1. The van der Waals surface area contributed by atoms with Crippen molar-refractivity contribution in [2.24, 2.45) is 0 Å². The van der Waals surface area contributed by atoms with Gasteiger partial charge in [0.25, 0.3) is 5.03 Å². The van der Waals surface area contributed by atoms with Gasteiger partial charge in [-0.2, -0.15) is 4.73 Å². The molecule has 3 N–H and O–H groups in total. The van der Waals surface area contributed by atoms with Crippen LogP contribution in [-0.4, -0.2) is 33.9 Å². The summed E-state index contributed by atoms with van der Waals surface area (Å²) in [5, 5.41) is 33.8. The highest BCUT2D eigenvalue weighted by atomic mass is 32.2. The van der Waals surface area contributed by atoms with Crippen molar-refractivity contribution in [3.8, 4) is 0 Å². The Morgan fingerprint density at radius 2 is 1.77 bits per heavy atom. The maximum atomic E-state index is 12.4. The van der Waals surface area contributed by atoms with E-state index in [9.17, 15) is 19.9 Å². The van der Waals surface area contributed by atoms with E-state index in [1.165, 1.54) is 18.0 Å². The summed E-state index contributed by atoms with van der Waals surface area (Å²) in [6, 6.07) is 20.3. The van der Waals surface area contributed by atoms with Crippen LogP contribution in [0.3, 0.4) is 0 Å². The van der Waals surface area contributed by atoms with Crippen molar-refractivity contribution in [1.82, 2.24) is 0 Å². The van der Waals surface area contributed by atoms with Gasteiger partial charge in [0.15, 0.2) is 12.5 Å². The number of aromatic nitrogens is 1. The molecule has 9 nitrogen and oxygen atoms in total. The highest BCUT2D eigenvalue weighted by molar-refractivity contribution is 7.99. The van der Waals surface area contributed by atoms with E-state index in [1.807, 2.05) is 48.5 Å². The molecule has 10 heteroatoms. The maximum Gasteiger partial charge on any atom is 0.303 e. The number of aliphatic carboxylic acids is 1. The molecule has 1 aromatic heterocycles. The van der Waals surface area contributed by atoms with Crippen molar-refractivity contribution in [2.75, 3.05) is 11.1 Å². The molecule has 1 saturated heterocycles. The van der Waals surface area contributed by atoms with Crippen LogP contribution in [0.4, 0.5) is 5.69 Å². The highest BCUT2D eigenvalue weighted by Crippen LogP contribution is 2.39. The minimum Gasteiger partial charge on any atom is -0.618 e. The van der Waals surface area contributed by atoms with E-state index >= 15 is 0 Å². The zero-order chi connectivity index (χ0) is 28.3.